The quantitative estimate of drug-likeness (QED) is 0.418. The van der Waals surface area contributed by atoms with Crippen LogP contribution in [0, 0.1) is 0 Å². The number of ether oxygens (including phenoxy) is 3. The van der Waals surface area contributed by atoms with Crippen molar-refractivity contribution in [3.8, 4) is 0 Å². The molecule has 3 nitrogen and oxygen atoms in total. The number of hydrogen-bond acceptors (Lipinski definition) is 3. The maximum atomic E-state index is 5.32. The Morgan fingerprint density at radius 3 is 2.45 bits per heavy atom. The molecule has 11 heavy (non-hydrogen) atoms. The summed E-state index contributed by atoms with van der Waals surface area (Å²) in [5.41, 5.74) is 0. The van der Waals surface area contributed by atoms with E-state index in [4.69, 9.17) is 14.2 Å². The van der Waals surface area contributed by atoms with Crippen molar-refractivity contribution in [2.75, 3.05) is 27.1 Å². The third-order valence-corrected chi connectivity index (χ3v) is 1.40. The van der Waals surface area contributed by atoms with Crippen LogP contribution in [0.3, 0.4) is 0 Å². The molecule has 0 aromatic carbocycles. The molecule has 0 aliphatic carbocycles. The first kappa shape index (κ1) is 10.9. The molecule has 0 spiro atoms. The van der Waals surface area contributed by atoms with Crippen LogP contribution in [-0.4, -0.2) is 33.2 Å². The molecule has 0 radical (unpaired) electrons. The second-order valence-corrected chi connectivity index (χ2v) is 2.26. The van der Waals surface area contributed by atoms with E-state index in [1.54, 1.807) is 7.11 Å². The minimum absolute atomic E-state index is 0.173. The Morgan fingerprint density at radius 2 is 2.00 bits per heavy atom. The standard InChI is InChI=1S/C8H18O3/c1-4-8(6-9-3)11-7-10-5-2/h8H,4-7H2,1-3H3. The molecule has 0 bridgehead atoms. The molecule has 0 aromatic heterocycles. The average Bonchev–Trinajstić information content (AvgIpc) is 2.03. The van der Waals surface area contributed by atoms with Gasteiger partial charge in [0.2, 0.25) is 0 Å². The summed E-state index contributed by atoms with van der Waals surface area (Å²) in [5.74, 6) is 0. The molecule has 0 saturated heterocycles. The summed E-state index contributed by atoms with van der Waals surface area (Å²) >= 11 is 0. The van der Waals surface area contributed by atoms with Crippen molar-refractivity contribution in [1.82, 2.24) is 0 Å². The van der Waals surface area contributed by atoms with E-state index in [1.807, 2.05) is 6.92 Å². The molecule has 0 saturated carbocycles. The zero-order chi connectivity index (χ0) is 8.53. The number of hydrogen-bond donors (Lipinski definition) is 0. The van der Waals surface area contributed by atoms with E-state index < -0.39 is 0 Å². The molecule has 68 valence electrons. The summed E-state index contributed by atoms with van der Waals surface area (Å²) < 4.78 is 15.3. The highest BCUT2D eigenvalue weighted by molar-refractivity contribution is 4.50. The molecule has 0 amide bonds. The molecule has 1 atom stereocenters. The predicted octanol–water partition coefficient (Wildman–Crippen LogP) is 1.42. The van der Waals surface area contributed by atoms with Crippen LogP contribution < -0.4 is 0 Å². The van der Waals surface area contributed by atoms with E-state index in [1.165, 1.54) is 0 Å². The third-order valence-electron chi connectivity index (χ3n) is 1.40. The van der Waals surface area contributed by atoms with Gasteiger partial charge in [0, 0.05) is 13.7 Å². The Labute approximate surface area is 68.6 Å². The Hall–Kier alpha value is -0.120. The molecular weight excluding hydrogens is 144 g/mol. The molecular formula is C8H18O3. The molecule has 0 aliphatic heterocycles. The molecule has 3 heteroatoms. The summed E-state index contributed by atoms with van der Waals surface area (Å²) in [6.07, 6.45) is 1.13. The van der Waals surface area contributed by atoms with Crippen LogP contribution in [0.2, 0.25) is 0 Å². The molecule has 0 rings (SSSR count). The van der Waals surface area contributed by atoms with Crippen LogP contribution in [0.15, 0.2) is 0 Å². The van der Waals surface area contributed by atoms with E-state index in [0.29, 0.717) is 20.0 Å². The Kier molecular flexibility index (Phi) is 7.89. The molecule has 1 unspecified atom stereocenters. The van der Waals surface area contributed by atoms with E-state index in [9.17, 15) is 0 Å². The first-order valence-corrected chi connectivity index (χ1v) is 4.03. The van der Waals surface area contributed by atoms with Crippen molar-refractivity contribution < 1.29 is 14.2 Å². The summed E-state index contributed by atoms with van der Waals surface area (Å²) in [5, 5.41) is 0. The Balaban J connectivity index is 3.20. The van der Waals surface area contributed by atoms with Crippen LogP contribution in [0.4, 0.5) is 0 Å². The first-order chi connectivity index (χ1) is 5.35. The van der Waals surface area contributed by atoms with Crippen molar-refractivity contribution in [2.24, 2.45) is 0 Å². The third kappa shape index (κ3) is 6.28. The van der Waals surface area contributed by atoms with Gasteiger partial charge in [0.05, 0.1) is 12.7 Å². The molecule has 0 aliphatic rings. The van der Waals surface area contributed by atoms with Gasteiger partial charge in [-0.05, 0) is 13.3 Å². The maximum Gasteiger partial charge on any atom is 0.147 e. The number of methoxy groups -OCH3 is 1. The van der Waals surface area contributed by atoms with Crippen molar-refractivity contribution >= 4 is 0 Å². The minimum Gasteiger partial charge on any atom is -0.382 e. The molecule has 0 aromatic rings. The van der Waals surface area contributed by atoms with Crippen molar-refractivity contribution in [3.63, 3.8) is 0 Å². The van der Waals surface area contributed by atoms with Crippen molar-refractivity contribution in [3.05, 3.63) is 0 Å². The van der Waals surface area contributed by atoms with Gasteiger partial charge in [0.1, 0.15) is 6.79 Å². The van der Waals surface area contributed by atoms with Gasteiger partial charge in [-0.15, -0.1) is 0 Å². The van der Waals surface area contributed by atoms with E-state index in [-0.39, 0.29) is 6.10 Å². The fourth-order valence-corrected chi connectivity index (χ4v) is 0.697. The summed E-state index contributed by atoms with van der Waals surface area (Å²) in [7, 11) is 1.67. The van der Waals surface area contributed by atoms with E-state index >= 15 is 0 Å². The normalized spacial score (nSPS) is 13.4. The molecule has 0 heterocycles. The van der Waals surface area contributed by atoms with Crippen LogP contribution in [0.25, 0.3) is 0 Å². The second-order valence-electron chi connectivity index (χ2n) is 2.26. The minimum atomic E-state index is 0.173. The Morgan fingerprint density at radius 1 is 1.27 bits per heavy atom. The zero-order valence-corrected chi connectivity index (χ0v) is 7.63. The highest BCUT2D eigenvalue weighted by Gasteiger charge is 2.04. The van der Waals surface area contributed by atoms with Gasteiger partial charge in [-0.3, -0.25) is 0 Å². The second kappa shape index (κ2) is 7.98. The van der Waals surface area contributed by atoms with E-state index in [2.05, 4.69) is 6.92 Å². The van der Waals surface area contributed by atoms with Crippen molar-refractivity contribution in [1.29, 1.82) is 0 Å². The monoisotopic (exact) mass is 162 g/mol. The lowest BCUT2D eigenvalue weighted by molar-refractivity contribution is -0.104. The van der Waals surface area contributed by atoms with Crippen LogP contribution in [-0.2, 0) is 14.2 Å². The maximum absolute atomic E-state index is 5.32. The topological polar surface area (TPSA) is 27.7 Å². The van der Waals surface area contributed by atoms with Gasteiger partial charge in [0.25, 0.3) is 0 Å². The van der Waals surface area contributed by atoms with Crippen LogP contribution >= 0.6 is 0 Å². The highest BCUT2D eigenvalue weighted by Crippen LogP contribution is 1.97. The summed E-state index contributed by atoms with van der Waals surface area (Å²) in [6.45, 7) is 5.72. The van der Waals surface area contributed by atoms with Gasteiger partial charge in [-0.1, -0.05) is 6.92 Å². The Bertz CT molecular complexity index is 75.7. The van der Waals surface area contributed by atoms with Crippen molar-refractivity contribution in [2.45, 2.75) is 26.4 Å². The van der Waals surface area contributed by atoms with Gasteiger partial charge < -0.3 is 14.2 Å². The SMILES string of the molecule is CCOCOC(CC)COC. The van der Waals surface area contributed by atoms with Crippen LogP contribution in [0.5, 0.6) is 0 Å². The lowest BCUT2D eigenvalue weighted by atomic mass is 10.3. The number of rotatable bonds is 7. The average molecular weight is 162 g/mol. The fourth-order valence-electron chi connectivity index (χ4n) is 0.697. The van der Waals surface area contributed by atoms with Gasteiger partial charge in [-0.25, -0.2) is 0 Å². The fraction of sp³-hybridized carbons (Fsp3) is 1.00. The summed E-state index contributed by atoms with van der Waals surface area (Å²) in [4.78, 5) is 0. The lowest BCUT2D eigenvalue weighted by Crippen LogP contribution is -2.19. The molecule has 0 fully saturated rings. The van der Waals surface area contributed by atoms with Gasteiger partial charge in [-0.2, -0.15) is 0 Å². The van der Waals surface area contributed by atoms with Gasteiger partial charge >= 0.3 is 0 Å². The first-order valence-electron chi connectivity index (χ1n) is 4.03. The highest BCUT2D eigenvalue weighted by atomic mass is 16.7. The smallest absolute Gasteiger partial charge is 0.147 e. The van der Waals surface area contributed by atoms with Crippen LogP contribution in [0.1, 0.15) is 20.3 Å². The largest absolute Gasteiger partial charge is 0.382 e. The van der Waals surface area contributed by atoms with E-state index in [0.717, 1.165) is 6.42 Å². The zero-order valence-electron chi connectivity index (χ0n) is 7.63. The molecule has 0 N–H and O–H groups in total. The summed E-state index contributed by atoms with van der Waals surface area (Å²) in [6, 6.07) is 0. The predicted molar refractivity (Wildman–Crippen MR) is 43.5 cm³/mol. The lowest BCUT2D eigenvalue weighted by Gasteiger charge is -2.14. The van der Waals surface area contributed by atoms with Gasteiger partial charge in [0.15, 0.2) is 0 Å².